The quantitative estimate of drug-likeness (QED) is 0.690. The van der Waals surface area contributed by atoms with Gasteiger partial charge in [0.2, 0.25) is 5.91 Å². The van der Waals surface area contributed by atoms with Crippen LogP contribution in [0.15, 0.2) is 53.4 Å². The van der Waals surface area contributed by atoms with Gasteiger partial charge in [0.1, 0.15) is 0 Å². The molecule has 2 N–H and O–H groups in total. The lowest BCUT2D eigenvalue weighted by atomic mass is 9.95. The van der Waals surface area contributed by atoms with Crippen LogP contribution in [0.5, 0.6) is 0 Å². The Morgan fingerprint density at radius 1 is 0.903 bits per heavy atom. The van der Waals surface area contributed by atoms with Crippen molar-refractivity contribution in [3.8, 4) is 0 Å². The Morgan fingerprint density at radius 2 is 1.52 bits per heavy atom. The fraction of sp³-hybridized carbons (Fsp3) is 0.364. The van der Waals surface area contributed by atoms with Crippen LogP contribution >= 0.6 is 11.6 Å². The van der Waals surface area contributed by atoms with Crippen molar-refractivity contribution in [1.82, 2.24) is 10.2 Å². The minimum atomic E-state index is -3.74. The lowest BCUT2D eigenvalue weighted by Crippen LogP contribution is -2.43. The van der Waals surface area contributed by atoms with Gasteiger partial charge in [0, 0.05) is 41.3 Å². The number of benzene rings is 2. The average molecular weight is 462 g/mol. The van der Waals surface area contributed by atoms with Gasteiger partial charge in [-0.05, 0) is 74.2 Å². The third kappa shape index (κ3) is 5.37. The van der Waals surface area contributed by atoms with E-state index in [9.17, 15) is 18.0 Å². The number of nitrogens with zero attached hydrogens (tertiary/aromatic N) is 1. The van der Waals surface area contributed by atoms with Gasteiger partial charge in [0.05, 0.1) is 4.90 Å². The van der Waals surface area contributed by atoms with E-state index >= 15 is 0 Å². The molecule has 31 heavy (non-hydrogen) atoms. The number of carbonyl (C=O) groups is 2. The molecule has 0 unspecified atom stereocenters. The summed E-state index contributed by atoms with van der Waals surface area (Å²) >= 11 is 5.81. The first-order chi connectivity index (χ1) is 14.8. The minimum Gasteiger partial charge on any atom is -0.353 e. The molecule has 1 heterocycles. The zero-order valence-electron chi connectivity index (χ0n) is 16.9. The van der Waals surface area contributed by atoms with Crippen LogP contribution in [0.3, 0.4) is 0 Å². The standard InChI is InChI=1S/C22H24ClN3O4S/c23-17-3-9-20(10-4-17)31(29,30)25-19-5-1-16(2-6-19)22(28)26-13-11-15(12-14-26)21(27)24-18-7-8-18/h1-6,9-10,15,18,25H,7-8,11-14H2,(H,24,27). The number of piperidine rings is 1. The number of nitrogens with one attached hydrogen (secondary N) is 2. The van der Waals surface area contributed by atoms with E-state index in [4.69, 9.17) is 11.6 Å². The van der Waals surface area contributed by atoms with Crippen molar-refractivity contribution in [1.29, 1.82) is 0 Å². The van der Waals surface area contributed by atoms with E-state index in [1.165, 1.54) is 24.3 Å². The summed E-state index contributed by atoms with van der Waals surface area (Å²) in [7, 11) is -3.74. The molecular formula is C22H24ClN3O4S. The van der Waals surface area contributed by atoms with E-state index in [2.05, 4.69) is 10.0 Å². The number of anilines is 1. The lowest BCUT2D eigenvalue weighted by molar-refractivity contribution is -0.126. The molecule has 164 valence electrons. The molecule has 1 saturated heterocycles. The molecular weight excluding hydrogens is 438 g/mol. The smallest absolute Gasteiger partial charge is 0.261 e. The third-order valence-corrected chi connectivity index (χ3v) is 7.23. The van der Waals surface area contributed by atoms with Crippen molar-refractivity contribution in [3.05, 3.63) is 59.1 Å². The Labute approximate surface area is 186 Å². The summed E-state index contributed by atoms with van der Waals surface area (Å²) in [5.74, 6) is -0.0469. The van der Waals surface area contributed by atoms with Gasteiger partial charge in [0.25, 0.3) is 15.9 Å². The Hall–Kier alpha value is -2.58. The van der Waals surface area contributed by atoms with Crippen LogP contribution in [-0.4, -0.2) is 44.3 Å². The molecule has 2 amide bonds. The molecule has 2 aliphatic rings. The zero-order valence-corrected chi connectivity index (χ0v) is 18.5. The van der Waals surface area contributed by atoms with E-state index in [1.807, 2.05) is 0 Å². The third-order valence-electron chi connectivity index (χ3n) is 5.58. The minimum absolute atomic E-state index is 0.0331. The molecule has 0 spiro atoms. The Bertz CT molecular complexity index is 1060. The van der Waals surface area contributed by atoms with E-state index in [0.717, 1.165) is 12.8 Å². The fourth-order valence-electron chi connectivity index (χ4n) is 3.58. The number of rotatable bonds is 6. The van der Waals surface area contributed by atoms with Crippen molar-refractivity contribution in [2.24, 2.45) is 5.92 Å². The molecule has 2 aromatic rings. The fourth-order valence-corrected chi connectivity index (χ4v) is 4.77. The van der Waals surface area contributed by atoms with E-state index in [-0.39, 0.29) is 22.6 Å². The maximum Gasteiger partial charge on any atom is 0.261 e. The van der Waals surface area contributed by atoms with Crippen molar-refractivity contribution in [3.63, 3.8) is 0 Å². The molecule has 0 aromatic heterocycles. The summed E-state index contributed by atoms with van der Waals surface area (Å²) < 4.78 is 27.4. The highest BCUT2D eigenvalue weighted by Crippen LogP contribution is 2.24. The number of carbonyl (C=O) groups excluding carboxylic acids is 2. The second kappa shape index (κ2) is 8.88. The molecule has 0 bridgehead atoms. The number of amides is 2. The predicted octanol–water partition coefficient (Wildman–Crippen LogP) is 3.27. The maximum absolute atomic E-state index is 12.8. The summed E-state index contributed by atoms with van der Waals surface area (Å²) in [5.41, 5.74) is 0.845. The van der Waals surface area contributed by atoms with Crippen molar-refractivity contribution in [2.45, 2.75) is 36.6 Å². The van der Waals surface area contributed by atoms with E-state index in [1.54, 1.807) is 29.2 Å². The van der Waals surface area contributed by atoms with Crippen molar-refractivity contribution >= 4 is 39.1 Å². The molecule has 0 atom stereocenters. The van der Waals surface area contributed by atoms with Crippen LogP contribution in [0.25, 0.3) is 0 Å². The Balaban J connectivity index is 1.34. The van der Waals surface area contributed by atoms with Gasteiger partial charge in [-0.1, -0.05) is 11.6 Å². The molecule has 7 nitrogen and oxygen atoms in total. The first-order valence-electron chi connectivity index (χ1n) is 10.3. The Morgan fingerprint density at radius 3 is 2.10 bits per heavy atom. The van der Waals surface area contributed by atoms with Crippen LogP contribution in [-0.2, 0) is 14.8 Å². The van der Waals surface area contributed by atoms with Gasteiger partial charge in [-0.25, -0.2) is 8.42 Å². The van der Waals surface area contributed by atoms with Crippen molar-refractivity contribution < 1.29 is 18.0 Å². The number of likely N-dealkylation sites (tertiary alicyclic amines) is 1. The lowest BCUT2D eigenvalue weighted by Gasteiger charge is -2.31. The average Bonchev–Trinajstić information content (AvgIpc) is 3.58. The van der Waals surface area contributed by atoms with E-state index < -0.39 is 10.0 Å². The second-order valence-corrected chi connectivity index (χ2v) is 10.1. The molecule has 1 aliphatic carbocycles. The van der Waals surface area contributed by atoms with Gasteiger partial charge >= 0.3 is 0 Å². The van der Waals surface area contributed by atoms with Crippen molar-refractivity contribution in [2.75, 3.05) is 17.8 Å². The number of sulfonamides is 1. The highest BCUT2D eigenvalue weighted by Gasteiger charge is 2.31. The van der Waals surface area contributed by atoms with E-state index in [0.29, 0.717) is 48.2 Å². The van der Waals surface area contributed by atoms with Gasteiger partial charge in [-0.3, -0.25) is 14.3 Å². The van der Waals surface area contributed by atoms with Gasteiger partial charge in [0.15, 0.2) is 0 Å². The predicted molar refractivity (Wildman–Crippen MR) is 118 cm³/mol. The maximum atomic E-state index is 12.8. The summed E-state index contributed by atoms with van der Waals surface area (Å²) in [6.45, 7) is 1.07. The molecule has 2 fully saturated rings. The molecule has 1 saturated carbocycles. The van der Waals surface area contributed by atoms with Crippen LogP contribution in [0.1, 0.15) is 36.0 Å². The van der Waals surface area contributed by atoms with Gasteiger partial charge in [-0.2, -0.15) is 0 Å². The largest absolute Gasteiger partial charge is 0.353 e. The highest BCUT2D eigenvalue weighted by molar-refractivity contribution is 7.92. The molecule has 9 heteroatoms. The molecule has 4 rings (SSSR count). The molecule has 2 aromatic carbocycles. The van der Waals surface area contributed by atoms with Crippen LogP contribution in [0.4, 0.5) is 5.69 Å². The number of hydrogen-bond donors (Lipinski definition) is 2. The molecule has 0 radical (unpaired) electrons. The Kier molecular flexibility index (Phi) is 6.20. The highest BCUT2D eigenvalue weighted by atomic mass is 35.5. The number of hydrogen-bond acceptors (Lipinski definition) is 4. The topological polar surface area (TPSA) is 95.6 Å². The van der Waals surface area contributed by atoms with Gasteiger partial charge in [-0.15, -0.1) is 0 Å². The normalized spacial score (nSPS) is 17.3. The van der Waals surface area contributed by atoms with Crippen LogP contribution < -0.4 is 10.0 Å². The zero-order chi connectivity index (χ0) is 22.0. The summed E-state index contributed by atoms with van der Waals surface area (Å²) in [6.07, 6.45) is 3.44. The second-order valence-electron chi connectivity index (χ2n) is 7.99. The number of halogens is 1. The first kappa shape index (κ1) is 21.6. The molecule has 1 aliphatic heterocycles. The summed E-state index contributed by atoms with van der Waals surface area (Å²) in [6, 6.07) is 12.6. The summed E-state index contributed by atoms with van der Waals surface area (Å²) in [4.78, 5) is 26.8. The monoisotopic (exact) mass is 461 g/mol. The SMILES string of the molecule is O=C(NC1CC1)C1CCN(C(=O)c2ccc(NS(=O)(=O)c3ccc(Cl)cc3)cc2)CC1. The van der Waals surface area contributed by atoms with Gasteiger partial charge < -0.3 is 10.2 Å². The summed E-state index contributed by atoms with van der Waals surface area (Å²) in [5, 5.41) is 3.49. The van der Waals surface area contributed by atoms with Crippen LogP contribution in [0, 0.1) is 5.92 Å². The van der Waals surface area contributed by atoms with Crippen LogP contribution in [0.2, 0.25) is 5.02 Å². The first-order valence-corrected chi connectivity index (χ1v) is 12.2.